The minimum Gasteiger partial charge on any atom is -0.508 e. The number of fused-ring (bicyclic) bond motifs is 6. The maximum atomic E-state index is 14.1. The van der Waals surface area contributed by atoms with Crippen LogP contribution in [0, 0.1) is 0 Å². The standard InChI is InChI=1S/C56H43FO22/c1-25-48-37(64)21-31(79-57)22-44(48)74-54(28-7-9-32(59)34(61)17-28)52(25)72-39-11-3-26(15-41(39)73-54)6-14-47(67)78-53(2)23-38(65)50(68)45(24-53)71-46(66)13-5-27-4-12-40-42(16-27)75-55(70)51(69)49-36(63)19-30(58)20-43(49)77-56(55,76-40)29-8-10-33(60)35(62)18-29/h3-22,38,45,50,52,58-65,68,70H,1,23-24H2,2H3/b13-5+,14-6+/t38-,45?,50?,52?,53-,54?,55?,56?/m1/s1. The number of carbonyl (C=O) groups excluding carboxylic acids is 3. The minimum absolute atomic E-state index is 0.0448. The Kier molecular flexibility index (Phi) is 12.0. The van der Waals surface area contributed by atoms with Gasteiger partial charge in [0.1, 0.15) is 52.1 Å². The number of esters is 2. The summed E-state index contributed by atoms with van der Waals surface area (Å²) in [6.45, 7) is 5.57. The molecular weight excluding hydrogens is 1040 g/mol. The van der Waals surface area contributed by atoms with Crippen molar-refractivity contribution in [1.29, 1.82) is 0 Å². The summed E-state index contributed by atoms with van der Waals surface area (Å²) >= 11 is 0. The van der Waals surface area contributed by atoms with Crippen molar-refractivity contribution in [1.82, 2.24) is 0 Å². The zero-order chi connectivity index (χ0) is 56.1. The zero-order valence-electron chi connectivity index (χ0n) is 40.7. The second kappa shape index (κ2) is 18.4. The van der Waals surface area contributed by atoms with Crippen LogP contribution in [0.3, 0.4) is 0 Å². The third-order valence-corrected chi connectivity index (χ3v) is 13.9. The van der Waals surface area contributed by atoms with Crippen LogP contribution >= 0.6 is 0 Å². The number of ketones is 1. The van der Waals surface area contributed by atoms with E-state index in [0.717, 1.165) is 54.6 Å². The fraction of sp³-hybridized carbons (Fsp3) is 0.196. The van der Waals surface area contributed by atoms with Crippen LogP contribution in [-0.2, 0) is 30.6 Å². The molecule has 11 rings (SSSR count). The maximum Gasteiger partial charge on any atom is 0.357 e. The first-order valence-electron chi connectivity index (χ1n) is 23.8. The SMILES string of the molecule is C=C1c2c(O)cc(OF)cc2OC2(c3ccc(O)c(O)c3)Oc3cc(/C=C/C(=O)O[C@@]4(C)CC(OC(=O)/C=C/c5ccc6c(c5)OC5(O)C(=O)c7c(O)cc(O)cc7OC5(c5ccc(O)c(O)c5)O6)C(O)[C@H](O)C4)ccc3OC12. The van der Waals surface area contributed by atoms with Crippen molar-refractivity contribution in [3.05, 3.63) is 149 Å². The summed E-state index contributed by atoms with van der Waals surface area (Å²) in [6.07, 6.45) is -1.68. The summed E-state index contributed by atoms with van der Waals surface area (Å²) in [7, 11) is 0. The van der Waals surface area contributed by atoms with E-state index in [1.807, 2.05) is 0 Å². The Morgan fingerprint density at radius 1 is 0.633 bits per heavy atom. The molecule has 1 aliphatic carbocycles. The normalized spacial score (nSPS) is 26.1. The molecule has 4 heterocycles. The van der Waals surface area contributed by atoms with Crippen LogP contribution in [0.1, 0.15) is 57.9 Å². The molecule has 1 fully saturated rings. The van der Waals surface area contributed by atoms with Gasteiger partial charge in [-0.1, -0.05) is 18.7 Å². The molecule has 8 atom stereocenters. The van der Waals surface area contributed by atoms with Gasteiger partial charge in [0.05, 0.1) is 11.7 Å². The van der Waals surface area contributed by atoms with Gasteiger partial charge >= 0.3 is 29.3 Å². The Balaban J connectivity index is 0.780. The molecule has 6 aromatic rings. The molecule has 10 N–H and O–H groups in total. The summed E-state index contributed by atoms with van der Waals surface area (Å²) in [6, 6.07) is 19.4. The van der Waals surface area contributed by atoms with Crippen molar-refractivity contribution in [3.63, 3.8) is 0 Å². The van der Waals surface area contributed by atoms with Gasteiger partial charge in [-0.25, -0.2) is 9.59 Å². The van der Waals surface area contributed by atoms with E-state index in [1.54, 1.807) is 6.07 Å². The smallest absolute Gasteiger partial charge is 0.357 e. The number of hydrogen-bond acceptors (Lipinski definition) is 22. The van der Waals surface area contributed by atoms with Gasteiger partial charge in [0.2, 0.25) is 6.10 Å². The second-order valence-electron chi connectivity index (χ2n) is 19.3. The number of aromatic hydroxyl groups is 7. The van der Waals surface area contributed by atoms with E-state index in [0.29, 0.717) is 5.56 Å². The lowest BCUT2D eigenvalue weighted by atomic mass is 9.80. The molecule has 0 saturated heterocycles. The van der Waals surface area contributed by atoms with Crippen molar-refractivity contribution in [2.45, 2.75) is 67.1 Å². The number of carbonyl (C=O) groups is 3. The zero-order valence-corrected chi connectivity index (χ0v) is 40.7. The molecule has 0 spiro atoms. The summed E-state index contributed by atoms with van der Waals surface area (Å²) < 4.78 is 61.9. The van der Waals surface area contributed by atoms with Crippen LogP contribution in [0.5, 0.6) is 80.5 Å². The number of rotatable bonds is 9. The number of ether oxygens (including phenoxy) is 8. The highest BCUT2D eigenvalue weighted by Crippen LogP contribution is 2.58. The van der Waals surface area contributed by atoms with Gasteiger partial charge in [-0.05, 0) is 90.9 Å². The third-order valence-electron chi connectivity index (χ3n) is 13.9. The molecule has 0 aromatic heterocycles. The minimum atomic E-state index is -3.15. The Morgan fingerprint density at radius 2 is 1.23 bits per heavy atom. The third kappa shape index (κ3) is 8.52. The van der Waals surface area contributed by atoms with Gasteiger partial charge in [0.25, 0.3) is 5.78 Å². The second-order valence-corrected chi connectivity index (χ2v) is 19.3. The number of phenols is 7. The lowest BCUT2D eigenvalue weighted by Crippen LogP contribution is -2.70. The van der Waals surface area contributed by atoms with Gasteiger partial charge in [-0.2, -0.15) is 0 Å². The highest BCUT2D eigenvalue weighted by Gasteiger charge is 2.71. The van der Waals surface area contributed by atoms with E-state index >= 15 is 0 Å². The number of aliphatic hydroxyl groups excluding tert-OH is 2. The molecular formula is C56H43FO22. The average molecular weight is 1090 g/mol. The van der Waals surface area contributed by atoms with Crippen LogP contribution in [-0.4, -0.2) is 105 Å². The number of benzene rings is 6. The lowest BCUT2D eigenvalue weighted by molar-refractivity contribution is -0.316. The molecule has 22 nitrogen and oxygen atoms in total. The van der Waals surface area contributed by atoms with Crippen LogP contribution < -0.4 is 33.4 Å². The molecule has 23 heteroatoms. The number of hydrogen-bond donors (Lipinski definition) is 10. The van der Waals surface area contributed by atoms with E-state index in [9.17, 15) is 70.0 Å². The lowest BCUT2D eigenvalue weighted by Gasteiger charge is -2.50. The number of halogens is 1. The first kappa shape index (κ1) is 51.3. The summed E-state index contributed by atoms with van der Waals surface area (Å²) in [5, 5.41) is 107. The fourth-order valence-corrected chi connectivity index (χ4v) is 10.1. The molecule has 1 saturated carbocycles. The molecule has 406 valence electrons. The van der Waals surface area contributed by atoms with Crippen molar-refractivity contribution in [3.8, 4) is 80.5 Å². The predicted octanol–water partition coefficient (Wildman–Crippen LogP) is 6.03. The molecule has 6 aromatic carbocycles. The van der Waals surface area contributed by atoms with Crippen molar-refractivity contribution < 1.29 is 113 Å². The molecule has 6 unspecified atom stereocenters. The van der Waals surface area contributed by atoms with Gasteiger partial charge < -0.3 is 89.0 Å². The maximum absolute atomic E-state index is 14.1. The molecule has 0 radical (unpaired) electrons. The van der Waals surface area contributed by atoms with Crippen LogP contribution in [0.25, 0.3) is 17.7 Å². The van der Waals surface area contributed by atoms with E-state index in [-0.39, 0.29) is 69.4 Å². The molecule has 5 aliphatic rings. The number of Topliss-reactive ketones (excluding diaryl/α,β-unsaturated/α-hetero) is 1. The van der Waals surface area contributed by atoms with Crippen LogP contribution in [0.2, 0.25) is 0 Å². The van der Waals surface area contributed by atoms with E-state index in [1.165, 1.54) is 67.6 Å². The Bertz CT molecular complexity index is 3650. The van der Waals surface area contributed by atoms with Crippen LogP contribution in [0.15, 0.2) is 116 Å². The molecule has 0 bridgehead atoms. The monoisotopic (exact) mass is 1090 g/mol. The highest BCUT2D eigenvalue weighted by molar-refractivity contribution is 6.08. The molecule has 79 heavy (non-hydrogen) atoms. The van der Waals surface area contributed by atoms with Crippen LogP contribution in [0.4, 0.5) is 4.53 Å². The van der Waals surface area contributed by atoms with Crippen molar-refractivity contribution in [2.24, 2.45) is 0 Å². The number of aliphatic hydroxyl groups is 3. The van der Waals surface area contributed by atoms with Crippen molar-refractivity contribution in [2.75, 3.05) is 0 Å². The molecule has 0 amide bonds. The summed E-state index contributed by atoms with van der Waals surface area (Å²) in [5.74, 6) is -16.2. The van der Waals surface area contributed by atoms with E-state index in [4.69, 9.17) is 37.9 Å². The first-order chi connectivity index (χ1) is 37.5. The van der Waals surface area contributed by atoms with Gasteiger partial charge in [0, 0.05) is 70.5 Å². The van der Waals surface area contributed by atoms with Gasteiger partial charge in [-0.15, -0.1) is 0 Å². The largest absolute Gasteiger partial charge is 0.508 e. The Labute approximate surface area is 443 Å². The summed E-state index contributed by atoms with van der Waals surface area (Å²) in [5.41, 5.74) is -1.47. The Hall–Kier alpha value is -9.84. The van der Waals surface area contributed by atoms with E-state index < -0.39 is 122 Å². The van der Waals surface area contributed by atoms with Gasteiger partial charge in [0.15, 0.2) is 51.7 Å². The fourth-order valence-electron chi connectivity index (χ4n) is 10.1. The average Bonchev–Trinajstić information content (AvgIpc) is 2.66. The van der Waals surface area contributed by atoms with Crippen molar-refractivity contribution >= 4 is 35.4 Å². The Morgan fingerprint density at radius 3 is 1.91 bits per heavy atom. The van der Waals surface area contributed by atoms with Gasteiger partial charge in [-0.3, -0.25) is 9.74 Å². The first-order valence-corrected chi connectivity index (χ1v) is 23.8. The number of phenolic OH excluding ortho intramolecular Hbond substituents is 7. The molecule has 4 aliphatic heterocycles. The predicted molar refractivity (Wildman–Crippen MR) is 265 cm³/mol. The summed E-state index contributed by atoms with van der Waals surface area (Å²) in [4.78, 5) is 44.7. The quantitative estimate of drug-likeness (QED) is 0.0449. The van der Waals surface area contributed by atoms with E-state index in [2.05, 4.69) is 11.5 Å². The topological polar surface area (TPSA) is 337 Å². The highest BCUT2D eigenvalue weighted by atomic mass is 19.3.